The highest BCUT2D eigenvalue weighted by Crippen LogP contribution is 2.45. The first-order valence-corrected chi connectivity index (χ1v) is 6.69. The van der Waals surface area contributed by atoms with E-state index in [-0.39, 0.29) is 23.4 Å². The van der Waals surface area contributed by atoms with Crippen molar-refractivity contribution >= 4 is 23.0 Å². The Morgan fingerprint density at radius 3 is 2.78 bits per heavy atom. The minimum absolute atomic E-state index is 0.0895. The summed E-state index contributed by atoms with van der Waals surface area (Å²) in [6.07, 6.45) is 2.63. The molecule has 2 bridgehead atoms. The smallest absolute Gasteiger partial charge is 0.169 e. The number of allylic oxidation sites excluding steroid dienone is 2. The second-order valence-electron chi connectivity index (χ2n) is 5.29. The molecule has 0 radical (unpaired) electrons. The molecular weight excluding hydrogens is 248 g/mol. The molecule has 2 aliphatic rings. The number of hydrogen-bond acceptors (Lipinski definition) is 2. The predicted molar refractivity (Wildman–Crippen MR) is 71.6 cm³/mol. The van der Waals surface area contributed by atoms with E-state index in [2.05, 4.69) is 0 Å². The van der Waals surface area contributed by atoms with E-state index in [1.165, 1.54) is 0 Å². The predicted octanol–water partition coefficient (Wildman–Crippen LogP) is 3.92. The van der Waals surface area contributed by atoms with Gasteiger partial charge in [-0.2, -0.15) is 0 Å². The van der Waals surface area contributed by atoms with Gasteiger partial charge in [-0.3, -0.25) is 4.79 Å². The van der Waals surface area contributed by atoms with Crippen LogP contribution < -0.4 is 0 Å². The second-order valence-corrected chi connectivity index (χ2v) is 5.73. The Labute approximate surface area is 111 Å². The highest BCUT2D eigenvalue weighted by atomic mass is 35.5. The number of carbonyl (C=O) groups excluding carboxylic acids is 1. The second kappa shape index (κ2) is 4.13. The molecule has 3 heteroatoms. The third-order valence-electron chi connectivity index (χ3n) is 4.16. The molecule has 2 atom stereocenters. The van der Waals surface area contributed by atoms with E-state index in [0.717, 1.165) is 30.4 Å². The Hall–Kier alpha value is -1.28. The first kappa shape index (κ1) is 11.8. The Kier molecular flexibility index (Phi) is 2.70. The summed E-state index contributed by atoms with van der Waals surface area (Å²) in [6.45, 7) is 1.94. The molecular formula is C15H15ClO2. The number of aryl methyl sites for hydroxylation is 1. The first-order chi connectivity index (χ1) is 8.58. The van der Waals surface area contributed by atoms with Gasteiger partial charge in [-0.25, -0.2) is 0 Å². The average Bonchev–Trinajstić information content (AvgIpc) is 2.78. The fraction of sp³-hybridized carbons (Fsp3) is 0.400. The summed E-state index contributed by atoms with van der Waals surface area (Å²) in [5, 5.41) is 10.9. The summed E-state index contributed by atoms with van der Waals surface area (Å²) in [5.41, 5.74) is 2.28. The number of fused-ring (bicyclic) bond motifs is 2. The molecule has 1 aromatic rings. The molecule has 1 fully saturated rings. The van der Waals surface area contributed by atoms with Crippen LogP contribution in [0.4, 0.5) is 0 Å². The normalized spacial score (nSPS) is 26.9. The van der Waals surface area contributed by atoms with Crippen LogP contribution in [0.3, 0.4) is 0 Å². The monoisotopic (exact) mass is 262 g/mol. The third-order valence-corrected chi connectivity index (χ3v) is 4.40. The molecule has 2 aliphatic carbocycles. The van der Waals surface area contributed by atoms with E-state index in [9.17, 15) is 9.90 Å². The van der Waals surface area contributed by atoms with Crippen LogP contribution in [-0.2, 0) is 4.79 Å². The molecule has 1 N–H and O–H groups in total. The molecule has 0 aromatic heterocycles. The lowest BCUT2D eigenvalue weighted by Crippen LogP contribution is -2.21. The number of benzene rings is 1. The molecule has 94 valence electrons. The van der Waals surface area contributed by atoms with Crippen LogP contribution in [0.15, 0.2) is 24.0 Å². The summed E-state index contributed by atoms with van der Waals surface area (Å²) in [7, 11) is 0. The van der Waals surface area contributed by atoms with E-state index in [1.807, 2.05) is 13.0 Å². The molecule has 0 aliphatic heterocycles. The number of aliphatic hydroxyl groups excluding tert-OH is 1. The minimum atomic E-state index is 0.0895. The van der Waals surface area contributed by atoms with Gasteiger partial charge in [0.15, 0.2) is 5.78 Å². The zero-order valence-corrected chi connectivity index (χ0v) is 11.0. The van der Waals surface area contributed by atoms with Crippen molar-refractivity contribution in [3.05, 3.63) is 40.1 Å². The van der Waals surface area contributed by atoms with Gasteiger partial charge in [0.1, 0.15) is 5.76 Å². The summed E-state index contributed by atoms with van der Waals surface area (Å²) in [5.74, 6) is 0.631. The van der Waals surface area contributed by atoms with Crippen LogP contribution in [0, 0.1) is 18.8 Å². The van der Waals surface area contributed by atoms with Crippen LogP contribution in [-0.4, -0.2) is 10.9 Å². The third kappa shape index (κ3) is 1.67. The number of Topliss-reactive ketones (excluding diaryl/α,β-unsaturated/α-hetero) is 1. The van der Waals surface area contributed by atoms with Gasteiger partial charge in [-0.05, 0) is 49.4 Å². The van der Waals surface area contributed by atoms with Crippen molar-refractivity contribution < 1.29 is 9.90 Å². The van der Waals surface area contributed by atoms with Crippen molar-refractivity contribution in [1.29, 1.82) is 0 Å². The van der Waals surface area contributed by atoms with Crippen LogP contribution in [0.2, 0.25) is 5.02 Å². The van der Waals surface area contributed by atoms with E-state index < -0.39 is 0 Å². The van der Waals surface area contributed by atoms with Crippen LogP contribution >= 0.6 is 11.6 Å². The maximum Gasteiger partial charge on any atom is 0.169 e. The average molecular weight is 263 g/mol. The summed E-state index contributed by atoms with van der Waals surface area (Å²) < 4.78 is 0. The number of hydrogen-bond donors (Lipinski definition) is 1. The Morgan fingerprint density at radius 2 is 2.00 bits per heavy atom. The zero-order valence-electron chi connectivity index (χ0n) is 10.2. The first-order valence-electron chi connectivity index (χ1n) is 6.32. The van der Waals surface area contributed by atoms with E-state index in [0.29, 0.717) is 10.6 Å². The largest absolute Gasteiger partial charge is 0.511 e. The lowest BCUT2D eigenvalue weighted by molar-refractivity contribution is -0.117. The maximum atomic E-state index is 12.4. The van der Waals surface area contributed by atoms with Crippen LogP contribution in [0.25, 0.3) is 5.57 Å². The van der Waals surface area contributed by atoms with Crippen molar-refractivity contribution in [3.63, 3.8) is 0 Å². The molecule has 0 heterocycles. The fourth-order valence-electron chi connectivity index (χ4n) is 3.14. The lowest BCUT2D eigenvalue weighted by Gasteiger charge is -2.22. The van der Waals surface area contributed by atoms with Crippen molar-refractivity contribution in [2.24, 2.45) is 11.8 Å². The maximum absolute atomic E-state index is 12.4. The van der Waals surface area contributed by atoms with Crippen molar-refractivity contribution in [1.82, 2.24) is 0 Å². The highest BCUT2D eigenvalue weighted by molar-refractivity contribution is 6.31. The lowest BCUT2D eigenvalue weighted by atomic mass is 9.82. The van der Waals surface area contributed by atoms with Gasteiger partial charge in [0.05, 0.1) is 5.57 Å². The molecule has 0 spiro atoms. The Morgan fingerprint density at radius 1 is 1.28 bits per heavy atom. The van der Waals surface area contributed by atoms with Gasteiger partial charge in [0.2, 0.25) is 0 Å². The van der Waals surface area contributed by atoms with E-state index in [4.69, 9.17) is 11.6 Å². The molecule has 1 saturated carbocycles. The van der Waals surface area contributed by atoms with Crippen LogP contribution in [0.1, 0.15) is 30.4 Å². The van der Waals surface area contributed by atoms with Gasteiger partial charge in [0, 0.05) is 16.9 Å². The summed E-state index contributed by atoms with van der Waals surface area (Å²) in [6, 6.07) is 5.48. The fourth-order valence-corrected chi connectivity index (χ4v) is 3.31. The van der Waals surface area contributed by atoms with Gasteiger partial charge in [0.25, 0.3) is 0 Å². The molecule has 3 rings (SSSR count). The summed E-state index contributed by atoms with van der Waals surface area (Å²) in [4.78, 5) is 12.4. The Balaban J connectivity index is 2.18. The van der Waals surface area contributed by atoms with Crippen molar-refractivity contribution in [2.45, 2.75) is 26.2 Å². The molecule has 0 saturated heterocycles. The molecule has 18 heavy (non-hydrogen) atoms. The zero-order chi connectivity index (χ0) is 12.9. The van der Waals surface area contributed by atoms with Gasteiger partial charge < -0.3 is 5.11 Å². The van der Waals surface area contributed by atoms with E-state index in [1.54, 1.807) is 12.1 Å². The SMILES string of the molecule is Cc1ccc(Cl)cc1C1=C(O)[C@H]2CC[C@H](C2)C1=O. The van der Waals surface area contributed by atoms with Crippen molar-refractivity contribution in [2.75, 3.05) is 0 Å². The minimum Gasteiger partial charge on any atom is -0.511 e. The van der Waals surface area contributed by atoms with Gasteiger partial charge >= 0.3 is 0 Å². The quantitative estimate of drug-likeness (QED) is 0.833. The topological polar surface area (TPSA) is 37.3 Å². The molecule has 1 aromatic carbocycles. The number of aliphatic hydroxyl groups is 1. The summed E-state index contributed by atoms with van der Waals surface area (Å²) >= 11 is 6.00. The van der Waals surface area contributed by atoms with Crippen molar-refractivity contribution in [3.8, 4) is 0 Å². The number of halogens is 1. The standard InChI is InChI=1S/C15H15ClO2/c1-8-2-5-11(16)7-12(8)13-14(17)9-3-4-10(6-9)15(13)18/h2,5,7,9-10,17H,3-4,6H2,1H3/t9-,10+/m0/s1. The number of ketones is 1. The Bertz CT molecular complexity index is 560. The molecule has 2 nitrogen and oxygen atoms in total. The van der Waals surface area contributed by atoms with Crippen LogP contribution in [0.5, 0.6) is 0 Å². The number of carbonyl (C=O) groups is 1. The number of rotatable bonds is 1. The van der Waals surface area contributed by atoms with E-state index >= 15 is 0 Å². The molecule has 0 unspecified atom stereocenters. The van der Waals surface area contributed by atoms with Gasteiger partial charge in [-0.15, -0.1) is 0 Å². The molecule has 0 amide bonds. The van der Waals surface area contributed by atoms with Gasteiger partial charge in [-0.1, -0.05) is 17.7 Å². The highest BCUT2D eigenvalue weighted by Gasteiger charge is 2.41.